The van der Waals surface area contributed by atoms with Crippen molar-refractivity contribution in [3.05, 3.63) is 93.2 Å². The number of hydrogen-bond donors (Lipinski definition) is 3. The summed E-state index contributed by atoms with van der Waals surface area (Å²) >= 11 is 11.7. The van der Waals surface area contributed by atoms with Gasteiger partial charge in [0, 0.05) is 22.2 Å². The zero-order valence-electron chi connectivity index (χ0n) is 21.5. The van der Waals surface area contributed by atoms with Crippen molar-refractivity contribution in [2.75, 3.05) is 18.5 Å². The van der Waals surface area contributed by atoms with Crippen molar-refractivity contribution in [1.29, 1.82) is 0 Å². The molecule has 0 aliphatic carbocycles. The van der Waals surface area contributed by atoms with Crippen molar-refractivity contribution in [1.82, 2.24) is 5.32 Å². The molecule has 3 aromatic rings. The molecule has 9 heteroatoms. The first-order valence-corrected chi connectivity index (χ1v) is 13.2. The van der Waals surface area contributed by atoms with E-state index in [1.807, 2.05) is 26.8 Å². The Kier molecular flexibility index (Phi) is 10.1. The maximum absolute atomic E-state index is 13.9. The van der Waals surface area contributed by atoms with E-state index in [2.05, 4.69) is 10.6 Å². The van der Waals surface area contributed by atoms with Gasteiger partial charge in [0.15, 0.2) is 0 Å². The molecule has 6 nitrogen and oxygen atoms in total. The maximum Gasteiger partial charge on any atom is 0.237 e. The number of ether oxygens (including phenoxy) is 1. The number of hydrogen-bond acceptors (Lipinski definition) is 4. The van der Waals surface area contributed by atoms with E-state index in [1.54, 1.807) is 42.5 Å². The molecule has 2 aliphatic rings. The summed E-state index contributed by atoms with van der Waals surface area (Å²) in [6.45, 7) is 6.20. The maximum atomic E-state index is 13.9. The number of carbonyl (C=O) groups is 2. The summed E-state index contributed by atoms with van der Waals surface area (Å²) in [6.07, 6.45) is 0.597. The first kappa shape index (κ1) is 29.4. The number of anilines is 1. The molecule has 1 spiro atoms. The van der Waals surface area contributed by atoms with Crippen molar-refractivity contribution in [2.24, 2.45) is 0 Å². The van der Waals surface area contributed by atoms with Crippen molar-refractivity contribution in [3.8, 4) is 5.75 Å². The third-order valence-electron chi connectivity index (χ3n) is 6.39. The second-order valence-corrected chi connectivity index (χ2v) is 9.52. The zero-order valence-corrected chi connectivity index (χ0v) is 23.0. The number of aryl methyl sites for hydroxylation is 1. The van der Waals surface area contributed by atoms with Gasteiger partial charge in [0.25, 0.3) is 0 Å². The highest BCUT2D eigenvalue weighted by Gasteiger charge is 2.55. The van der Waals surface area contributed by atoms with E-state index in [0.717, 1.165) is 16.9 Å². The highest BCUT2D eigenvalue weighted by atomic mass is 35.5. The first-order valence-electron chi connectivity index (χ1n) is 12.4. The molecule has 0 saturated carbocycles. The minimum Gasteiger partial charge on any atom is -0.491 e. The average Bonchev–Trinajstić information content (AvgIpc) is 3.18. The molecular weight excluding hydrogens is 530 g/mol. The molecule has 0 aromatic heterocycles. The van der Waals surface area contributed by atoms with Gasteiger partial charge in [-0.15, -0.1) is 0 Å². The minimum atomic E-state index is -0.966. The molecule has 1 fully saturated rings. The van der Waals surface area contributed by atoms with Gasteiger partial charge in [-0.25, -0.2) is 4.39 Å². The van der Waals surface area contributed by atoms with Crippen LogP contribution in [0.2, 0.25) is 10.0 Å². The molecule has 38 heavy (non-hydrogen) atoms. The van der Waals surface area contributed by atoms with Crippen molar-refractivity contribution in [2.45, 2.75) is 45.1 Å². The van der Waals surface area contributed by atoms with Crippen LogP contribution in [0.1, 0.15) is 49.4 Å². The summed E-state index contributed by atoms with van der Waals surface area (Å²) in [5, 5.41) is 15.4. The number of nitrogens with one attached hydrogen (secondary N) is 2. The Morgan fingerprint density at radius 3 is 2.39 bits per heavy atom. The molecule has 2 heterocycles. The number of carbonyl (C=O) groups excluding carboxylic acids is 2. The molecule has 202 valence electrons. The topological polar surface area (TPSA) is 87.7 Å². The Bertz CT molecular complexity index is 1290. The second-order valence-electron chi connectivity index (χ2n) is 8.64. The monoisotopic (exact) mass is 560 g/mol. The predicted molar refractivity (Wildman–Crippen MR) is 148 cm³/mol. The van der Waals surface area contributed by atoms with Gasteiger partial charge >= 0.3 is 0 Å². The van der Waals surface area contributed by atoms with Crippen LogP contribution in [-0.4, -0.2) is 30.1 Å². The smallest absolute Gasteiger partial charge is 0.237 e. The largest absolute Gasteiger partial charge is 0.491 e. The summed E-state index contributed by atoms with van der Waals surface area (Å²) in [4.78, 5) is 25.1. The summed E-state index contributed by atoms with van der Waals surface area (Å²) < 4.78 is 19.0. The molecule has 0 radical (unpaired) electrons. The van der Waals surface area contributed by atoms with E-state index in [1.165, 1.54) is 12.1 Å². The highest BCUT2D eigenvalue weighted by molar-refractivity contribution is 6.31. The van der Waals surface area contributed by atoms with Gasteiger partial charge in [-0.3, -0.25) is 9.59 Å². The second kappa shape index (κ2) is 13.1. The molecule has 3 N–H and O–H groups in total. The lowest BCUT2D eigenvalue weighted by molar-refractivity contribution is -0.130. The van der Waals surface area contributed by atoms with Crippen molar-refractivity contribution >= 4 is 40.7 Å². The number of halogens is 3. The summed E-state index contributed by atoms with van der Waals surface area (Å²) in [5.74, 6) is -0.0123. The van der Waals surface area contributed by atoms with Crippen molar-refractivity contribution < 1.29 is 23.8 Å². The number of fused-ring (bicyclic) bond motifs is 2. The third kappa shape index (κ3) is 6.29. The number of amides is 2. The van der Waals surface area contributed by atoms with Crippen LogP contribution in [0, 0.1) is 12.7 Å². The predicted octanol–water partition coefficient (Wildman–Crippen LogP) is 6.37. The number of rotatable bonds is 4. The molecule has 2 aliphatic heterocycles. The van der Waals surface area contributed by atoms with E-state index in [-0.39, 0.29) is 24.8 Å². The van der Waals surface area contributed by atoms with Crippen molar-refractivity contribution in [3.63, 3.8) is 0 Å². The summed E-state index contributed by atoms with van der Waals surface area (Å²) in [7, 11) is 0. The van der Waals surface area contributed by atoms with Gasteiger partial charge in [0.05, 0.1) is 12.6 Å². The van der Waals surface area contributed by atoms with Crippen LogP contribution in [0.3, 0.4) is 0 Å². The van der Waals surface area contributed by atoms with E-state index < -0.39 is 17.3 Å². The standard InChI is InChI=1S/C19H16ClFN2O2.C8H9ClO2.C2H6/c1-10-2-4-12(21)9-13(10)17-19(7-6-16(24)23-17)14-5-3-11(20)8-15(14)22-18(19)25;9-7-1-3-8(4-2-7)11-6-5-10;1-2/h2-5,8-9,17H,6-7H2,1H3,(H,22,25)(H,23,24);1-4,10H,5-6H2;1-2H3/t17-,19-;;/m1../s1. The minimum absolute atomic E-state index is 0.0304. The molecule has 0 unspecified atom stereocenters. The van der Waals surface area contributed by atoms with E-state index >= 15 is 0 Å². The van der Waals surface area contributed by atoms with E-state index in [0.29, 0.717) is 34.3 Å². The van der Waals surface area contributed by atoms with Crippen LogP contribution >= 0.6 is 23.2 Å². The molecule has 2 amide bonds. The van der Waals surface area contributed by atoms with E-state index in [4.69, 9.17) is 33.0 Å². The molecule has 5 rings (SSSR count). The van der Waals surface area contributed by atoms with Crippen LogP contribution < -0.4 is 15.4 Å². The molecule has 2 atom stereocenters. The van der Waals surface area contributed by atoms with Crippen LogP contribution in [0.5, 0.6) is 5.75 Å². The normalized spacial score (nSPS) is 19.3. The lowest BCUT2D eigenvalue weighted by atomic mass is 9.67. The highest BCUT2D eigenvalue weighted by Crippen LogP contribution is 2.51. The Morgan fingerprint density at radius 2 is 1.71 bits per heavy atom. The molecule has 1 saturated heterocycles. The number of benzene rings is 3. The Hall–Kier alpha value is -3.13. The summed E-state index contributed by atoms with van der Waals surface area (Å²) in [6, 6.07) is 16.1. The van der Waals surface area contributed by atoms with Crippen LogP contribution in [-0.2, 0) is 15.0 Å². The fraction of sp³-hybridized carbons (Fsp3) is 0.310. The Labute approximate surface area is 232 Å². The van der Waals surface area contributed by atoms with E-state index in [9.17, 15) is 14.0 Å². The lowest BCUT2D eigenvalue weighted by Crippen LogP contribution is -2.52. The van der Waals surface area contributed by atoms with Gasteiger partial charge in [0.2, 0.25) is 11.8 Å². The summed E-state index contributed by atoms with van der Waals surface area (Å²) in [5.41, 5.74) is 1.91. The number of piperidine rings is 1. The van der Waals surface area contributed by atoms with Gasteiger partial charge < -0.3 is 20.5 Å². The van der Waals surface area contributed by atoms with Gasteiger partial charge in [-0.2, -0.15) is 0 Å². The molecule has 3 aromatic carbocycles. The van der Waals surface area contributed by atoms with Crippen LogP contribution in [0.25, 0.3) is 0 Å². The Morgan fingerprint density at radius 1 is 1.03 bits per heavy atom. The van der Waals surface area contributed by atoms with Crippen LogP contribution in [0.4, 0.5) is 10.1 Å². The molecule has 0 bridgehead atoms. The van der Waals surface area contributed by atoms with Gasteiger partial charge in [0.1, 0.15) is 23.6 Å². The lowest BCUT2D eigenvalue weighted by Gasteiger charge is -2.41. The van der Waals surface area contributed by atoms with Crippen LogP contribution in [0.15, 0.2) is 60.7 Å². The SMILES string of the molecule is CC.Cc1ccc(F)cc1[C@H]1NC(=O)CC[C@]12C(=O)Nc1cc(Cl)ccc12.OCCOc1ccc(Cl)cc1. The number of aliphatic hydroxyl groups is 1. The quantitative estimate of drug-likeness (QED) is 0.346. The fourth-order valence-corrected chi connectivity index (χ4v) is 4.97. The number of aliphatic hydroxyl groups excluding tert-OH is 1. The van der Waals surface area contributed by atoms with Gasteiger partial charge in [-0.1, -0.05) is 49.2 Å². The Balaban J connectivity index is 0.000000259. The molecular formula is C29H31Cl2FN2O4. The average molecular weight is 561 g/mol. The van der Waals surface area contributed by atoms with Gasteiger partial charge in [-0.05, 0) is 78.6 Å². The zero-order chi connectivity index (χ0) is 27.9. The fourth-order valence-electron chi connectivity index (χ4n) is 4.67. The first-order chi connectivity index (χ1) is 18.2. The third-order valence-corrected chi connectivity index (χ3v) is 6.87.